The molecule has 2 saturated heterocycles. The molecule has 0 aromatic heterocycles. The van der Waals surface area contributed by atoms with Crippen molar-refractivity contribution < 1.29 is 9.84 Å². The number of morpholine rings is 1. The first kappa shape index (κ1) is 10.4. The van der Waals surface area contributed by atoms with E-state index in [-0.39, 0.29) is 6.10 Å². The molecule has 0 aromatic carbocycles. The van der Waals surface area contributed by atoms with Crippen LogP contribution in [0.4, 0.5) is 0 Å². The summed E-state index contributed by atoms with van der Waals surface area (Å²) < 4.78 is 5.69. The van der Waals surface area contributed by atoms with Crippen molar-refractivity contribution >= 4 is 0 Å². The van der Waals surface area contributed by atoms with E-state index in [1.807, 2.05) is 0 Å². The highest BCUT2D eigenvalue weighted by molar-refractivity contribution is 4.83. The predicted octanol–water partition coefficient (Wildman–Crippen LogP) is -0.616. The van der Waals surface area contributed by atoms with Gasteiger partial charge in [0.1, 0.15) is 0 Å². The van der Waals surface area contributed by atoms with Crippen molar-refractivity contribution in [2.24, 2.45) is 0 Å². The van der Waals surface area contributed by atoms with Gasteiger partial charge in [-0.05, 0) is 6.54 Å². The van der Waals surface area contributed by atoms with Crippen molar-refractivity contribution in [3.05, 3.63) is 0 Å². The number of aliphatic hydroxyl groups excluding tert-OH is 1. The summed E-state index contributed by atoms with van der Waals surface area (Å²) in [4.78, 5) is 4.68. The quantitative estimate of drug-likeness (QED) is 0.659. The van der Waals surface area contributed by atoms with E-state index < -0.39 is 0 Å². The van der Waals surface area contributed by atoms with E-state index >= 15 is 0 Å². The van der Waals surface area contributed by atoms with Crippen molar-refractivity contribution in [3.63, 3.8) is 0 Å². The lowest BCUT2D eigenvalue weighted by atomic mass is 10.1. The third-order valence-electron chi connectivity index (χ3n) is 3.07. The smallest absolute Gasteiger partial charge is 0.0829 e. The van der Waals surface area contributed by atoms with E-state index in [0.717, 1.165) is 45.9 Å². The first-order valence-electron chi connectivity index (χ1n) is 5.52. The first-order valence-corrected chi connectivity index (χ1v) is 5.52. The molecular weight excluding hydrogens is 180 g/mol. The van der Waals surface area contributed by atoms with Gasteiger partial charge >= 0.3 is 0 Å². The molecule has 2 fully saturated rings. The lowest BCUT2D eigenvalue weighted by Gasteiger charge is -2.40. The Hall–Kier alpha value is -0.160. The Bertz CT molecular complexity index is 183. The number of rotatable bonds is 3. The molecule has 82 valence electrons. The van der Waals surface area contributed by atoms with Crippen LogP contribution < -0.4 is 0 Å². The molecule has 0 aromatic rings. The molecule has 0 radical (unpaired) electrons. The molecule has 2 aliphatic rings. The van der Waals surface area contributed by atoms with Gasteiger partial charge in [0.15, 0.2) is 0 Å². The molecule has 2 aliphatic heterocycles. The minimum absolute atomic E-state index is 0.0964. The summed E-state index contributed by atoms with van der Waals surface area (Å²) in [5.41, 5.74) is 0. The SMILES string of the molecule is CCN1CCOC(CN2CC(O)C2)C1. The second-order valence-corrected chi connectivity index (χ2v) is 4.26. The molecule has 1 atom stereocenters. The Morgan fingerprint density at radius 2 is 2.07 bits per heavy atom. The molecule has 2 heterocycles. The molecule has 14 heavy (non-hydrogen) atoms. The number of ether oxygens (including phenoxy) is 1. The van der Waals surface area contributed by atoms with Crippen molar-refractivity contribution in [3.8, 4) is 0 Å². The molecule has 0 bridgehead atoms. The number of β-amino-alcohol motifs (C(OH)–C–C–N with tert-alkyl or cyclic N) is 1. The zero-order valence-electron chi connectivity index (χ0n) is 8.85. The average molecular weight is 200 g/mol. The zero-order valence-corrected chi connectivity index (χ0v) is 8.85. The van der Waals surface area contributed by atoms with Gasteiger partial charge in [-0.2, -0.15) is 0 Å². The summed E-state index contributed by atoms with van der Waals surface area (Å²) in [6, 6.07) is 0. The van der Waals surface area contributed by atoms with Gasteiger partial charge in [0.05, 0.1) is 18.8 Å². The van der Waals surface area contributed by atoms with Crippen LogP contribution in [0.2, 0.25) is 0 Å². The molecule has 2 rings (SSSR count). The van der Waals surface area contributed by atoms with E-state index in [0.29, 0.717) is 6.10 Å². The average Bonchev–Trinajstić information content (AvgIpc) is 2.16. The van der Waals surface area contributed by atoms with Gasteiger partial charge < -0.3 is 9.84 Å². The van der Waals surface area contributed by atoms with Crippen molar-refractivity contribution in [1.82, 2.24) is 9.80 Å². The largest absolute Gasteiger partial charge is 0.390 e. The molecule has 0 saturated carbocycles. The number of aliphatic hydroxyl groups is 1. The molecule has 1 N–H and O–H groups in total. The summed E-state index contributed by atoms with van der Waals surface area (Å²) in [5.74, 6) is 0. The number of likely N-dealkylation sites (N-methyl/N-ethyl adjacent to an activating group) is 1. The Labute approximate surface area is 85.4 Å². The maximum Gasteiger partial charge on any atom is 0.0829 e. The normalized spacial score (nSPS) is 31.7. The molecule has 0 amide bonds. The Morgan fingerprint density at radius 3 is 2.71 bits per heavy atom. The van der Waals surface area contributed by atoms with E-state index in [1.165, 1.54) is 0 Å². The second kappa shape index (κ2) is 4.57. The lowest BCUT2D eigenvalue weighted by Crippen LogP contribution is -2.56. The van der Waals surface area contributed by atoms with Crippen molar-refractivity contribution in [1.29, 1.82) is 0 Å². The van der Waals surface area contributed by atoms with E-state index in [4.69, 9.17) is 9.84 Å². The maximum absolute atomic E-state index is 9.15. The van der Waals surface area contributed by atoms with Gasteiger partial charge in [-0.25, -0.2) is 0 Å². The van der Waals surface area contributed by atoms with Crippen LogP contribution in [-0.4, -0.2) is 73.0 Å². The monoisotopic (exact) mass is 200 g/mol. The summed E-state index contributed by atoms with van der Waals surface area (Å²) in [7, 11) is 0. The molecule has 0 aliphatic carbocycles. The number of hydrogen-bond donors (Lipinski definition) is 1. The Morgan fingerprint density at radius 1 is 1.29 bits per heavy atom. The number of nitrogens with zero attached hydrogens (tertiary/aromatic N) is 2. The minimum atomic E-state index is -0.0964. The molecular formula is C10H20N2O2. The van der Waals surface area contributed by atoms with Crippen LogP contribution >= 0.6 is 0 Å². The highest BCUT2D eigenvalue weighted by Gasteiger charge is 2.28. The fourth-order valence-corrected chi connectivity index (χ4v) is 2.16. The van der Waals surface area contributed by atoms with Crippen LogP contribution in [0.15, 0.2) is 0 Å². The minimum Gasteiger partial charge on any atom is -0.390 e. The second-order valence-electron chi connectivity index (χ2n) is 4.26. The first-order chi connectivity index (χ1) is 6.78. The summed E-state index contributed by atoms with van der Waals surface area (Å²) in [6.07, 6.45) is 0.247. The zero-order chi connectivity index (χ0) is 9.97. The predicted molar refractivity (Wildman–Crippen MR) is 54.3 cm³/mol. The van der Waals surface area contributed by atoms with Crippen LogP contribution in [0.1, 0.15) is 6.92 Å². The fraction of sp³-hybridized carbons (Fsp3) is 1.00. The van der Waals surface area contributed by atoms with Gasteiger partial charge in [-0.1, -0.05) is 6.92 Å². The van der Waals surface area contributed by atoms with Crippen LogP contribution in [-0.2, 0) is 4.74 Å². The van der Waals surface area contributed by atoms with Gasteiger partial charge in [-0.15, -0.1) is 0 Å². The maximum atomic E-state index is 9.15. The van der Waals surface area contributed by atoms with Crippen LogP contribution in [0, 0.1) is 0 Å². The molecule has 4 heteroatoms. The van der Waals surface area contributed by atoms with Crippen molar-refractivity contribution in [2.75, 3.05) is 45.9 Å². The summed E-state index contributed by atoms with van der Waals surface area (Å²) in [6.45, 7) is 8.90. The molecule has 0 spiro atoms. The van der Waals surface area contributed by atoms with E-state index in [9.17, 15) is 0 Å². The van der Waals surface area contributed by atoms with Crippen LogP contribution in [0.3, 0.4) is 0 Å². The summed E-state index contributed by atoms with van der Waals surface area (Å²) >= 11 is 0. The topological polar surface area (TPSA) is 35.9 Å². The van der Waals surface area contributed by atoms with Crippen LogP contribution in [0.25, 0.3) is 0 Å². The lowest BCUT2D eigenvalue weighted by molar-refractivity contribution is -0.0731. The van der Waals surface area contributed by atoms with E-state index in [1.54, 1.807) is 0 Å². The standard InChI is InChI=1S/C10H20N2O2/c1-2-11-3-4-14-10(7-11)8-12-5-9(13)6-12/h9-10,13H,2-8H2,1H3. The van der Waals surface area contributed by atoms with Gasteiger partial charge in [0, 0.05) is 32.7 Å². The highest BCUT2D eigenvalue weighted by Crippen LogP contribution is 2.12. The number of hydrogen-bond acceptors (Lipinski definition) is 4. The van der Waals surface area contributed by atoms with E-state index in [2.05, 4.69) is 16.7 Å². The third kappa shape index (κ3) is 2.45. The van der Waals surface area contributed by atoms with Gasteiger partial charge in [-0.3, -0.25) is 9.80 Å². The van der Waals surface area contributed by atoms with Crippen molar-refractivity contribution in [2.45, 2.75) is 19.1 Å². The van der Waals surface area contributed by atoms with Crippen LogP contribution in [0.5, 0.6) is 0 Å². The fourth-order valence-electron chi connectivity index (χ4n) is 2.16. The third-order valence-corrected chi connectivity index (χ3v) is 3.07. The highest BCUT2D eigenvalue weighted by atomic mass is 16.5. The van der Waals surface area contributed by atoms with Gasteiger partial charge in [0.2, 0.25) is 0 Å². The summed E-state index contributed by atoms with van der Waals surface area (Å²) in [5, 5.41) is 9.15. The molecule has 1 unspecified atom stereocenters. The number of likely N-dealkylation sites (tertiary alicyclic amines) is 1. The Balaban J connectivity index is 1.69. The van der Waals surface area contributed by atoms with Gasteiger partial charge in [0.25, 0.3) is 0 Å². The Kier molecular flexibility index (Phi) is 3.38. The molecule has 4 nitrogen and oxygen atoms in total.